The zero-order chi connectivity index (χ0) is 11.4. The molecule has 0 aliphatic carbocycles. The molecular formula is C12H20N2O2. The highest BCUT2D eigenvalue weighted by molar-refractivity contribution is 5.05. The molecule has 1 aliphatic rings. The Hall–Kier alpha value is -0.870. The van der Waals surface area contributed by atoms with E-state index in [1.165, 1.54) is 0 Å². The van der Waals surface area contributed by atoms with Crippen molar-refractivity contribution in [3.05, 3.63) is 17.5 Å². The van der Waals surface area contributed by atoms with Gasteiger partial charge in [-0.1, -0.05) is 12.1 Å². The quantitative estimate of drug-likeness (QED) is 0.824. The summed E-state index contributed by atoms with van der Waals surface area (Å²) in [6, 6.07) is 2.47. The molecule has 1 fully saturated rings. The number of rotatable bonds is 5. The van der Waals surface area contributed by atoms with Crippen molar-refractivity contribution < 1.29 is 9.26 Å². The zero-order valence-corrected chi connectivity index (χ0v) is 10.0. The SMILES string of the molecule is CCCN[C@@H]1COC[C@H]1Cc1cc(C)no1. The lowest BCUT2D eigenvalue weighted by Gasteiger charge is -2.17. The second-order valence-corrected chi connectivity index (χ2v) is 4.50. The summed E-state index contributed by atoms with van der Waals surface area (Å²) < 4.78 is 10.8. The van der Waals surface area contributed by atoms with E-state index in [1.807, 2.05) is 13.0 Å². The number of aryl methyl sites for hydroxylation is 1. The van der Waals surface area contributed by atoms with Gasteiger partial charge in [-0.15, -0.1) is 0 Å². The summed E-state index contributed by atoms with van der Waals surface area (Å²) >= 11 is 0. The third-order valence-electron chi connectivity index (χ3n) is 3.00. The van der Waals surface area contributed by atoms with E-state index in [9.17, 15) is 0 Å². The zero-order valence-electron chi connectivity index (χ0n) is 10.0. The van der Waals surface area contributed by atoms with Gasteiger partial charge in [0, 0.05) is 24.4 Å². The van der Waals surface area contributed by atoms with E-state index in [-0.39, 0.29) is 0 Å². The molecule has 4 heteroatoms. The summed E-state index contributed by atoms with van der Waals surface area (Å²) in [6.07, 6.45) is 2.08. The van der Waals surface area contributed by atoms with E-state index in [1.54, 1.807) is 0 Å². The summed E-state index contributed by atoms with van der Waals surface area (Å²) in [5.41, 5.74) is 0.951. The Morgan fingerprint density at radius 3 is 3.06 bits per heavy atom. The Labute approximate surface area is 96.3 Å². The van der Waals surface area contributed by atoms with Crippen LogP contribution in [0.5, 0.6) is 0 Å². The van der Waals surface area contributed by atoms with Crippen molar-refractivity contribution in [1.29, 1.82) is 0 Å². The van der Waals surface area contributed by atoms with E-state index in [0.717, 1.165) is 44.1 Å². The first-order valence-corrected chi connectivity index (χ1v) is 6.03. The molecule has 0 saturated carbocycles. The topological polar surface area (TPSA) is 47.3 Å². The maximum absolute atomic E-state index is 5.52. The maximum atomic E-state index is 5.52. The van der Waals surface area contributed by atoms with Crippen LogP contribution in [0.1, 0.15) is 24.8 Å². The van der Waals surface area contributed by atoms with Crippen molar-refractivity contribution in [3.8, 4) is 0 Å². The predicted octanol–water partition coefficient (Wildman–Crippen LogP) is 1.54. The first-order chi connectivity index (χ1) is 7.79. The number of aromatic nitrogens is 1. The Morgan fingerprint density at radius 1 is 1.50 bits per heavy atom. The number of hydrogen-bond acceptors (Lipinski definition) is 4. The fourth-order valence-corrected chi connectivity index (χ4v) is 2.13. The summed E-state index contributed by atoms with van der Waals surface area (Å²) in [5, 5.41) is 7.43. The van der Waals surface area contributed by atoms with Crippen LogP contribution in [-0.4, -0.2) is 31.0 Å². The molecule has 4 nitrogen and oxygen atoms in total. The second kappa shape index (κ2) is 5.46. The third kappa shape index (κ3) is 2.83. The number of nitrogens with zero attached hydrogens (tertiary/aromatic N) is 1. The van der Waals surface area contributed by atoms with Crippen LogP contribution in [-0.2, 0) is 11.2 Å². The Morgan fingerprint density at radius 2 is 2.38 bits per heavy atom. The summed E-state index contributed by atoms with van der Waals surface area (Å²) in [6.45, 7) is 6.82. The van der Waals surface area contributed by atoms with Crippen LogP contribution in [0.15, 0.2) is 10.6 Å². The molecule has 1 aromatic heterocycles. The molecule has 1 N–H and O–H groups in total. The minimum absolute atomic E-state index is 0.463. The molecule has 1 saturated heterocycles. The van der Waals surface area contributed by atoms with Crippen molar-refractivity contribution >= 4 is 0 Å². The summed E-state index contributed by atoms with van der Waals surface area (Å²) in [5.74, 6) is 1.48. The molecule has 0 unspecified atom stereocenters. The van der Waals surface area contributed by atoms with Gasteiger partial charge in [-0.05, 0) is 19.9 Å². The Bertz CT molecular complexity index is 325. The molecule has 16 heavy (non-hydrogen) atoms. The van der Waals surface area contributed by atoms with E-state index >= 15 is 0 Å². The standard InChI is InChI=1S/C12H20N2O2/c1-3-4-13-12-8-15-7-10(12)6-11-5-9(2)14-16-11/h5,10,12-13H,3-4,6-8H2,1-2H3/t10-,12-/m1/s1. The summed E-state index contributed by atoms with van der Waals surface area (Å²) in [4.78, 5) is 0. The Balaban J connectivity index is 1.88. The van der Waals surface area contributed by atoms with Gasteiger partial charge in [0.15, 0.2) is 0 Å². The van der Waals surface area contributed by atoms with E-state index in [4.69, 9.17) is 9.26 Å². The van der Waals surface area contributed by atoms with Gasteiger partial charge >= 0.3 is 0 Å². The first kappa shape index (κ1) is 11.6. The molecule has 0 aromatic carbocycles. The predicted molar refractivity (Wildman–Crippen MR) is 61.3 cm³/mol. The molecule has 2 atom stereocenters. The minimum atomic E-state index is 0.463. The lowest BCUT2D eigenvalue weighted by molar-refractivity contribution is 0.181. The van der Waals surface area contributed by atoms with Gasteiger partial charge in [0.05, 0.1) is 18.9 Å². The van der Waals surface area contributed by atoms with Crippen molar-refractivity contribution in [2.75, 3.05) is 19.8 Å². The van der Waals surface area contributed by atoms with E-state index in [0.29, 0.717) is 12.0 Å². The molecular weight excluding hydrogens is 204 g/mol. The highest BCUT2D eigenvalue weighted by Gasteiger charge is 2.28. The molecule has 0 bridgehead atoms. The molecule has 2 heterocycles. The van der Waals surface area contributed by atoms with Gasteiger partial charge in [-0.3, -0.25) is 0 Å². The third-order valence-corrected chi connectivity index (χ3v) is 3.00. The highest BCUT2D eigenvalue weighted by atomic mass is 16.5. The average molecular weight is 224 g/mol. The fourth-order valence-electron chi connectivity index (χ4n) is 2.13. The smallest absolute Gasteiger partial charge is 0.137 e. The van der Waals surface area contributed by atoms with Crippen LogP contribution < -0.4 is 5.32 Å². The van der Waals surface area contributed by atoms with Crippen LogP contribution in [0.25, 0.3) is 0 Å². The van der Waals surface area contributed by atoms with Crippen LogP contribution >= 0.6 is 0 Å². The molecule has 0 spiro atoms. The lowest BCUT2D eigenvalue weighted by atomic mass is 9.98. The van der Waals surface area contributed by atoms with Gasteiger partial charge in [-0.2, -0.15) is 0 Å². The second-order valence-electron chi connectivity index (χ2n) is 4.50. The molecule has 0 amide bonds. The van der Waals surface area contributed by atoms with Crippen LogP contribution in [0.3, 0.4) is 0 Å². The van der Waals surface area contributed by atoms with Gasteiger partial charge in [0.2, 0.25) is 0 Å². The molecule has 1 aromatic rings. The molecule has 0 radical (unpaired) electrons. The summed E-state index contributed by atoms with van der Waals surface area (Å²) in [7, 11) is 0. The number of nitrogens with one attached hydrogen (secondary N) is 1. The van der Waals surface area contributed by atoms with Gasteiger partial charge < -0.3 is 14.6 Å². The lowest BCUT2D eigenvalue weighted by Crippen LogP contribution is -2.36. The van der Waals surface area contributed by atoms with Crippen molar-refractivity contribution in [2.45, 2.75) is 32.7 Å². The molecule has 2 rings (SSSR count). The molecule has 90 valence electrons. The number of hydrogen-bond donors (Lipinski definition) is 1. The normalized spacial score (nSPS) is 25.1. The van der Waals surface area contributed by atoms with Crippen LogP contribution in [0.2, 0.25) is 0 Å². The van der Waals surface area contributed by atoms with Crippen LogP contribution in [0, 0.1) is 12.8 Å². The van der Waals surface area contributed by atoms with Crippen LogP contribution in [0.4, 0.5) is 0 Å². The molecule has 1 aliphatic heterocycles. The van der Waals surface area contributed by atoms with Gasteiger partial charge in [-0.25, -0.2) is 0 Å². The van der Waals surface area contributed by atoms with Gasteiger partial charge in [0.1, 0.15) is 5.76 Å². The average Bonchev–Trinajstić information content (AvgIpc) is 2.86. The first-order valence-electron chi connectivity index (χ1n) is 6.03. The van der Waals surface area contributed by atoms with Crippen molar-refractivity contribution in [1.82, 2.24) is 10.5 Å². The van der Waals surface area contributed by atoms with Gasteiger partial charge in [0.25, 0.3) is 0 Å². The highest BCUT2D eigenvalue weighted by Crippen LogP contribution is 2.19. The van der Waals surface area contributed by atoms with Crippen molar-refractivity contribution in [3.63, 3.8) is 0 Å². The minimum Gasteiger partial charge on any atom is -0.379 e. The monoisotopic (exact) mass is 224 g/mol. The van der Waals surface area contributed by atoms with E-state index < -0.39 is 0 Å². The largest absolute Gasteiger partial charge is 0.379 e. The Kier molecular flexibility index (Phi) is 3.96. The number of ether oxygens (including phenoxy) is 1. The van der Waals surface area contributed by atoms with E-state index in [2.05, 4.69) is 17.4 Å². The fraction of sp³-hybridized carbons (Fsp3) is 0.750. The maximum Gasteiger partial charge on any atom is 0.137 e. The van der Waals surface area contributed by atoms with Crippen molar-refractivity contribution in [2.24, 2.45) is 5.92 Å².